The molecule has 3 nitrogen and oxygen atoms in total. The van der Waals surface area contributed by atoms with E-state index in [2.05, 4.69) is 42.2 Å². The zero-order valence-electron chi connectivity index (χ0n) is 14.6. The molecule has 1 N–H and O–H groups in total. The van der Waals surface area contributed by atoms with E-state index in [1.807, 2.05) is 45.2 Å². The van der Waals surface area contributed by atoms with E-state index in [1.165, 1.54) is 0 Å². The zero-order valence-corrected chi connectivity index (χ0v) is 14.6. The minimum absolute atomic E-state index is 0.643. The summed E-state index contributed by atoms with van der Waals surface area (Å²) in [6, 6.07) is 10.0. The standard InChI is InChI=1S/C21H24N2O/c1-14(2)19-9-20(11-21(10-19)24-15(3)4)17(6)23-13-18-8-7-16(5)22-12-18/h7-12,23H,1,3,6,13H2,2,4-5H3. The van der Waals surface area contributed by atoms with E-state index in [4.69, 9.17) is 4.74 Å². The molecule has 0 fully saturated rings. The Hall–Kier alpha value is -2.81. The number of pyridine rings is 1. The molecule has 0 bridgehead atoms. The largest absolute Gasteiger partial charge is 0.463 e. The number of hydrogen-bond donors (Lipinski definition) is 1. The maximum Gasteiger partial charge on any atom is 0.128 e. The van der Waals surface area contributed by atoms with Crippen LogP contribution in [0.4, 0.5) is 0 Å². The van der Waals surface area contributed by atoms with Crippen molar-refractivity contribution in [3.8, 4) is 5.75 Å². The molecule has 1 heterocycles. The fourth-order valence-corrected chi connectivity index (χ4v) is 2.19. The van der Waals surface area contributed by atoms with Gasteiger partial charge in [0.1, 0.15) is 5.75 Å². The summed E-state index contributed by atoms with van der Waals surface area (Å²) in [6.45, 7) is 18.4. The van der Waals surface area contributed by atoms with E-state index in [1.54, 1.807) is 0 Å². The van der Waals surface area contributed by atoms with Gasteiger partial charge < -0.3 is 10.1 Å². The lowest BCUT2D eigenvalue weighted by Crippen LogP contribution is -2.11. The van der Waals surface area contributed by atoms with Crippen LogP contribution in [0, 0.1) is 6.92 Å². The van der Waals surface area contributed by atoms with Gasteiger partial charge in [0.2, 0.25) is 0 Å². The first kappa shape index (κ1) is 17.5. The van der Waals surface area contributed by atoms with Gasteiger partial charge in [-0.15, -0.1) is 0 Å². The fraction of sp³-hybridized carbons (Fsp3) is 0.190. The third-order valence-corrected chi connectivity index (χ3v) is 3.52. The highest BCUT2D eigenvalue weighted by atomic mass is 16.5. The van der Waals surface area contributed by atoms with Crippen LogP contribution in [0.3, 0.4) is 0 Å². The average Bonchev–Trinajstić information content (AvgIpc) is 2.53. The summed E-state index contributed by atoms with van der Waals surface area (Å²) in [5.74, 6) is 1.38. The Morgan fingerprint density at radius 1 is 1.08 bits per heavy atom. The van der Waals surface area contributed by atoms with E-state index >= 15 is 0 Å². The Balaban J connectivity index is 2.17. The van der Waals surface area contributed by atoms with Gasteiger partial charge in [-0.25, -0.2) is 0 Å². The molecular formula is C21H24N2O. The SMILES string of the molecule is C=C(C)Oc1cc(C(=C)C)cc(C(=C)NCc2ccc(C)nc2)c1. The normalized spacial score (nSPS) is 10.1. The first-order chi connectivity index (χ1) is 11.3. The molecule has 0 saturated heterocycles. The van der Waals surface area contributed by atoms with Gasteiger partial charge in [-0.3, -0.25) is 4.98 Å². The van der Waals surface area contributed by atoms with E-state index in [9.17, 15) is 0 Å². The topological polar surface area (TPSA) is 34.1 Å². The van der Waals surface area contributed by atoms with Gasteiger partial charge in [0.25, 0.3) is 0 Å². The quantitative estimate of drug-likeness (QED) is 0.721. The van der Waals surface area contributed by atoms with Gasteiger partial charge in [-0.05, 0) is 56.2 Å². The van der Waals surface area contributed by atoms with Crippen LogP contribution in [0.5, 0.6) is 5.75 Å². The number of aryl methyl sites for hydroxylation is 1. The third kappa shape index (κ3) is 4.85. The number of aromatic nitrogens is 1. The molecule has 24 heavy (non-hydrogen) atoms. The maximum absolute atomic E-state index is 5.66. The molecule has 0 unspecified atom stereocenters. The van der Waals surface area contributed by atoms with E-state index in [-0.39, 0.29) is 0 Å². The summed E-state index contributed by atoms with van der Waals surface area (Å²) in [4.78, 5) is 4.30. The van der Waals surface area contributed by atoms with Crippen molar-refractivity contribution in [3.05, 3.63) is 84.4 Å². The summed E-state index contributed by atoms with van der Waals surface area (Å²) >= 11 is 0. The number of nitrogens with zero attached hydrogens (tertiary/aromatic N) is 1. The lowest BCUT2D eigenvalue weighted by atomic mass is 10.0. The summed E-state index contributed by atoms with van der Waals surface area (Å²) < 4.78 is 5.66. The van der Waals surface area contributed by atoms with Crippen molar-refractivity contribution in [2.75, 3.05) is 0 Å². The Morgan fingerprint density at radius 3 is 2.38 bits per heavy atom. The first-order valence-electron chi connectivity index (χ1n) is 7.84. The number of hydrogen-bond acceptors (Lipinski definition) is 3. The maximum atomic E-state index is 5.66. The van der Waals surface area contributed by atoms with Crippen molar-refractivity contribution < 1.29 is 4.74 Å². The monoisotopic (exact) mass is 320 g/mol. The molecule has 0 aliphatic rings. The molecular weight excluding hydrogens is 296 g/mol. The van der Waals surface area contributed by atoms with Crippen molar-refractivity contribution in [3.63, 3.8) is 0 Å². The van der Waals surface area contributed by atoms with Crippen molar-refractivity contribution in [2.24, 2.45) is 0 Å². The van der Waals surface area contributed by atoms with Crippen LogP contribution in [-0.4, -0.2) is 4.98 Å². The molecule has 3 heteroatoms. The highest BCUT2D eigenvalue weighted by Crippen LogP contribution is 2.26. The van der Waals surface area contributed by atoms with Crippen LogP contribution in [0.15, 0.2) is 62.0 Å². The van der Waals surface area contributed by atoms with Gasteiger partial charge >= 0.3 is 0 Å². The highest BCUT2D eigenvalue weighted by Gasteiger charge is 2.07. The molecule has 1 aromatic heterocycles. The lowest BCUT2D eigenvalue weighted by Gasteiger charge is -2.14. The lowest BCUT2D eigenvalue weighted by molar-refractivity contribution is 0.430. The van der Waals surface area contributed by atoms with Crippen LogP contribution >= 0.6 is 0 Å². The number of ether oxygens (including phenoxy) is 1. The van der Waals surface area contributed by atoms with Gasteiger partial charge in [0, 0.05) is 29.7 Å². The number of benzene rings is 1. The predicted octanol–water partition coefficient (Wildman–Crippen LogP) is 5.10. The van der Waals surface area contributed by atoms with Gasteiger partial charge in [0.15, 0.2) is 0 Å². The molecule has 1 aromatic carbocycles. The first-order valence-corrected chi connectivity index (χ1v) is 7.84. The Morgan fingerprint density at radius 2 is 1.79 bits per heavy atom. The van der Waals surface area contributed by atoms with E-state index in [0.717, 1.165) is 39.4 Å². The van der Waals surface area contributed by atoms with Gasteiger partial charge in [-0.1, -0.05) is 31.4 Å². The second-order valence-corrected chi connectivity index (χ2v) is 5.97. The number of nitrogens with one attached hydrogen (secondary N) is 1. The molecule has 0 saturated carbocycles. The Labute approximate surface area is 144 Å². The predicted molar refractivity (Wildman–Crippen MR) is 101 cm³/mol. The molecule has 0 aliphatic carbocycles. The second-order valence-electron chi connectivity index (χ2n) is 5.97. The molecule has 2 aromatic rings. The molecule has 124 valence electrons. The minimum Gasteiger partial charge on any atom is -0.463 e. The van der Waals surface area contributed by atoms with Gasteiger partial charge in [0.05, 0.1) is 5.76 Å². The number of rotatable bonds is 7. The molecule has 0 spiro atoms. The average molecular weight is 320 g/mol. The zero-order chi connectivity index (χ0) is 17.7. The summed E-state index contributed by atoms with van der Waals surface area (Å²) in [5.41, 5.74) is 5.89. The molecule has 0 amide bonds. The van der Waals surface area contributed by atoms with Crippen LogP contribution < -0.4 is 10.1 Å². The second kappa shape index (κ2) is 7.64. The smallest absolute Gasteiger partial charge is 0.128 e. The van der Waals surface area contributed by atoms with Crippen molar-refractivity contribution in [1.29, 1.82) is 0 Å². The van der Waals surface area contributed by atoms with Crippen LogP contribution in [0.2, 0.25) is 0 Å². The van der Waals surface area contributed by atoms with Crippen LogP contribution in [0.1, 0.15) is 36.2 Å². The van der Waals surface area contributed by atoms with Crippen molar-refractivity contribution in [1.82, 2.24) is 10.3 Å². The van der Waals surface area contributed by atoms with Crippen LogP contribution in [0.25, 0.3) is 11.3 Å². The Bertz CT molecular complexity index is 773. The molecule has 0 atom stereocenters. The summed E-state index contributed by atoms with van der Waals surface area (Å²) in [7, 11) is 0. The third-order valence-electron chi connectivity index (χ3n) is 3.52. The van der Waals surface area contributed by atoms with Crippen LogP contribution in [-0.2, 0) is 6.54 Å². The summed E-state index contributed by atoms with van der Waals surface area (Å²) in [6.07, 6.45) is 1.87. The van der Waals surface area contributed by atoms with E-state index < -0.39 is 0 Å². The van der Waals surface area contributed by atoms with Gasteiger partial charge in [-0.2, -0.15) is 0 Å². The number of allylic oxidation sites excluding steroid dienone is 2. The molecule has 0 radical (unpaired) electrons. The minimum atomic E-state index is 0.643. The molecule has 2 rings (SSSR count). The van der Waals surface area contributed by atoms with Crippen molar-refractivity contribution >= 4 is 11.3 Å². The van der Waals surface area contributed by atoms with E-state index in [0.29, 0.717) is 12.3 Å². The van der Waals surface area contributed by atoms with Crippen molar-refractivity contribution in [2.45, 2.75) is 27.3 Å². The summed E-state index contributed by atoms with van der Waals surface area (Å²) in [5, 5.41) is 3.34. The Kier molecular flexibility index (Phi) is 5.59. The highest BCUT2D eigenvalue weighted by molar-refractivity contribution is 5.71. The fourth-order valence-electron chi connectivity index (χ4n) is 2.19. The molecule has 0 aliphatic heterocycles.